The maximum absolute atomic E-state index is 12.8. The third-order valence-corrected chi connectivity index (χ3v) is 2.48. The van der Waals surface area contributed by atoms with Crippen molar-refractivity contribution in [3.8, 4) is 11.4 Å². The monoisotopic (exact) mass is 265 g/mol. The minimum atomic E-state index is -0.475. The molecule has 6 heteroatoms. The van der Waals surface area contributed by atoms with E-state index in [0.29, 0.717) is 30.3 Å². The number of nitrogens with zero attached hydrogens (tertiary/aromatic N) is 2. The topological polar surface area (TPSA) is 60.0 Å². The van der Waals surface area contributed by atoms with Crippen LogP contribution in [-0.4, -0.2) is 28.4 Å². The molecule has 0 unspecified atom stereocenters. The third-order valence-electron chi connectivity index (χ3n) is 2.48. The van der Waals surface area contributed by atoms with Crippen molar-refractivity contribution in [2.45, 2.75) is 20.1 Å². The van der Waals surface area contributed by atoms with E-state index in [4.69, 9.17) is 9.47 Å². The molecule has 2 rings (SSSR count). The molecule has 19 heavy (non-hydrogen) atoms. The van der Waals surface area contributed by atoms with Gasteiger partial charge < -0.3 is 9.47 Å². The Labute approximate surface area is 110 Å². The average Bonchev–Trinajstić information content (AvgIpc) is 2.89. The lowest BCUT2D eigenvalue weighted by Crippen LogP contribution is -2.09. The van der Waals surface area contributed by atoms with Gasteiger partial charge in [0.05, 0.1) is 17.6 Å². The fraction of sp³-hybridized carbons (Fsp3) is 0.385. The molecular formula is C13H16FN3O2. The van der Waals surface area contributed by atoms with Gasteiger partial charge in [-0.15, -0.1) is 0 Å². The van der Waals surface area contributed by atoms with E-state index in [0.717, 1.165) is 6.20 Å². The first kappa shape index (κ1) is 13.6. The SMILES string of the molecule is CCOC(OCC)c1cc(-c2ccc(F)cn2)n[nH]1. The summed E-state index contributed by atoms with van der Waals surface area (Å²) in [5.41, 5.74) is 1.93. The first-order valence-electron chi connectivity index (χ1n) is 6.15. The summed E-state index contributed by atoms with van der Waals surface area (Å²) >= 11 is 0. The molecule has 5 nitrogen and oxygen atoms in total. The second-order valence-corrected chi connectivity index (χ2v) is 3.81. The van der Waals surface area contributed by atoms with Crippen LogP contribution in [0.2, 0.25) is 0 Å². The van der Waals surface area contributed by atoms with Gasteiger partial charge in [0, 0.05) is 13.2 Å². The Morgan fingerprint density at radius 3 is 2.53 bits per heavy atom. The van der Waals surface area contributed by atoms with Crippen LogP contribution in [0.3, 0.4) is 0 Å². The maximum Gasteiger partial charge on any atom is 0.200 e. The van der Waals surface area contributed by atoms with Gasteiger partial charge in [0.1, 0.15) is 11.5 Å². The van der Waals surface area contributed by atoms with Gasteiger partial charge in [0.25, 0.3) is 0 Å². The molecule has 0 radical (unpaired) electrons. The lowest BCUT2D eigenvalue weighted by Gasteiger charge is -2.14. The van der Waals surface area contributed by atoms with E-state index in [1.54, 1.807) is 12.1 Å². The molecule has 0 bridgehead atoms. The number of ether oxygens (including phenoxy) is 2. The highest BCUT2D eigenvalue weighted by molar-refractivity contribution is 5.53. The van der Waals surface area contributed by atoms with E-state index in [2.05, 4.69) is 15.2 Å². The summed E-state index contributed by atoms with van der Waals surface area (Å²) in [5, 5.41) is 6.99. The molecule has 0 aliphatic carbocycles. The zero-order valence-corrected chi connectivity index (χ0v) is 10.9. The Hall–Kier alpha value is -1.79. The Kier molecular flexibility index (Phi) is 4.59. The highest BCUT2D eigenvalue weighted by Gasteiger charge is 2.15. The maximum atomic E-state index is 12.8. The Morgan fingerprint density at radius 1 is 1.21 bits per heavy atom. The first-order chi connectivity index (χ1) is 9.24. The Bertz CT molecular complexity index is 507. The molecule has 0 aliphatic heterocycles. The van der Waals surface area contributed by atoms with Crippen LogP contribution in [-0.2, 0) is 9.47 Å². The van der Waals surface area contributed by atoms with E-state index < -0.39 is 6.29 Å². The van der Waals surface area contributed by atoms with Crippen LogP contribution in [0.1, 0.15) is 25.8 Å². The van der Waals surface area contributed by atoms with Crippen LogP contribution in [0.15, 0.2) is 24.4 Å². The molecule has 0 fully saturated rings. The van der Waals surface area contributed by atoms with Gasteiger partial charge in [-0.3, -0.25) is 10.1 Å². The summed E-state index contributed by atoms with van der Waals surface area (Å²) in [6.07, 6.45) is 0.684. The zero-order chi connectivity index (χ0) is 13.7. The second kappa shape index (κ2) is 6.40. The molecule has 2 heterocycles. The fourth-order valence-electron chi connectivity index (χ4n) is 1.65. The standard InChI is InChI=1S/C13H16FN3O2/c1-3-18-13(19-4-2)12-7-11(16-17-12)10-6-5-9(14)8-15-10/h5-8,13H,3-4H2,1-2H3,(H,16,17). The molecule has 0 atom stereocenters. The quantitative estimate of drug-likeness (QED) is 0.816. The molecule has 0 amide bonds. The van der Waals surface area contributed by atoms with Gasteiger partial charge in [-0.05, 0) is 32.0 Å². The average molecular weight is 265 g/mol. The van der Waals surface area contributed by atoms with Gasteiger partial charge in [-0.2, -0.15) is 5.10 Å². The van der Waals surface area contributed by atoms with Crippen molar-refractivity contribution in [1.82, 2.24) is 15.2 Å². The zero-order valence-electron chi connectivity index (χ0n) is 10.9. The number of nitrogens with one attached hydrogen (secondary N) is 1. The van der Waals surface area contributed by atoms with Crippen molar-refractivity contribution >= 4 is 0 Å². The minimum Gasteiger partial charge on any atom is -0.347 e. The molecule has 2 aromatic rings. The smallest absolute Gasteiger partial charge is 0.200 e. The summed E-state index contributed by atoms with van der Waals surface area (Å²) in [4.78, 5) is 3.97. The van der Waals surface area contributed by atoms with Gasteiger partial charge >= 0.3 is 0 Å². The van der Waals surface area contributed by atoms with Crippen molar-refractivity contribution in [1.29, 1.82) is 0 Å². The summed E-state index contributed by atoms with van der Waals surface area (Å²) in [5.74, 6) is -0.374. The highest BCUT2D eigenvalue weighted by Crippen LogP contribution is 2.22. The predicted octanol–water partition coefficient (Wildman–Crippen LogP) is 2.68. The molecular weight excluding hydrogens is 249 g/mol. The van der Waals surface area contributed by atoms with Crippen LogP contribution in [0.5, 0.6) is 0 Å². The molecule has 0 aliphatic rings. The first-order valence-corrected chi connectivity index (χ1v) is 6.15. The molecule has 0 aromatic carbocycles. The second-order valence-electron chi connectivity index (χ2n) is 3.81. The number of halogens is 1. The van der Waals surface area contributed by atoms with Crippen molar-refractivity contribution in [2.24, 2.45) is 0 Å². The van der Waals surface area contributed by atoms with E-state index in [1.165, 1.54) is 6.07 Å². The molecule has 102 valence electrons. The van der Waals surface area contributed by atoms with E-state index >= 15 is 0 Å². The van der Waals surface area contributed by atoms with Crippen LogP contribution >= 0.6 is 0 Å². The van der Waals surface area contributed by atoms with E-state index in [1.807, 2.05) is 13.8 Å². The van der Waals surface area contributed by atoms with Crippen LogP contribution in [0, 0.1) is 5.82 Å². The normalized spacial score (nSPS) is 11.2. The number of hydrogen-bond donors (Lipinski definition) is 1. The van der Waals surface area contributed by atoms with Gasteiger partial charge in [-0.1, -0.05) is 0 Å². The number of aromatic amines is 1. The summed E-state index contributed by atoms with van der Waals surface area (Å²) in [7, 11) is 0. The van der Waals surface area contributed by atoms with Crippen molar-refractivity contribution in [2.75, 3.05) is 13.2 Å². The van der Waals surface area contributed by atoms with Crippen molar-refractivity contribution in [3.05, 3.63) is 35.9 Å². The van der Waals surface area contributed by atoms with E-state index in [9.17, 15) is 4.39 Å². The van der Waals surface area contributed by atoms with Crippen LogP contribution in [0.25, 0.3) is 11.4 Å². The fourth-order valence-corrected chi connectivity index (χ4v) is 1.65. The third kappa shape index (κ3) is 3.36. The number of H-pyrrole nitrogens is 1. The lowest BCUT2D eigenvalue weighted by atomic mass is 10.2. The number of pyridine rings is 1. The molecule has 0 spiro atoms. The van der Waals surface area contributed by atoms with Crippen LogP contribution < -0.4 is 0 Å². The van der Waals surface area contributed by atoms with Crippen LogP contribution in [0.4, 0.5) is 4.39 Å². The number of rotatable bonds is 6. The molecule has 0 saturated heterocycles. The summed E-state index contributed by atoms with van der Waals surface area (Å²) in [6.45, 7) is 4.86. The van der Waals surface area contributed by atoms with Gasteiger partial charge in [-0.25, -0.2) is 4.39 Å². The lowest BCUT2D eigenvalue weighted by molar-refractivity contribution is -0.142. The van der Waals surface area contributed by atoms with Gasteiger partial charge in [0.2, 0.25) is 0 Å². The van der Waals surface area contributed by atoms with Crippen molar-refractivity contribution in [3.63, 3.8) is 0 Å². The number of aromatic nitrogens is 3. The minimum absolute atomic E-state index is 0.374. The Balaban J connectivity index is 2.19. The number of hydrogen-bond acceptors (Lipinski definition) is 4. The molecule has 2 aromatic heterocycles. The van der Waals surface area contributed by atoms with Gasteiger partial charge in [0.15, 0.2) is 6.29 Å². The largest absolute Gasteiger partial charge is 0.347 e. The summed E-state index contributed by atoms with van der Waals surface area (Å²) in [6, 6.07) is 4.71. The molecule has 0 saturated carbocycles. The Morgan fingerprint density at radius 2 is 1.95 bits per heavy atom. The highest BCUT2D eigenvalue weighted by atomic mass is 19.1. The molecule has 1 N–H and O–H groups in total. The summed E-state index contributed by atoms with van der Waals surface area (Å²) < 4.78 is 23.7. The van der Waals surface area contributed by atoms with E-state index in [-0.39, 0.29) is 5.82 Å². The van der Waals surface area contributed by atoms with Crippen molar-refractivity contribution < 1.29 is 13.9 Å². The predicted molar refractivity (Wildman–Crippen MR) is 67.8 cm³/mol.